The van der Waals surface area contributed by atoms with Gasteiger partial charge in [0, 0.05) is 11.8 Å². The lowest BCUT2D eigenvalue weighted by molar-refractivity contribution is 0.604. The number of aryl methyl sites for hydroxylation is 1. The van der Waals surface area contributed by atoms with Crippen molar-refractivity contribution in [2.45, 2.75) is 25.0 Å². The van der Waals surface area contributed by atoms with Crippen molar-refractivity contribution in [3.63, 3.8) is 0 Å². The molecule has 0 aliphatic carbocycles. The number of nitrogens with zero attached hydrogens (tertiary/aromatic N) is 2. The number of nitrogens with one attached hydrogen (secondary N) is 1. The van der Waals surface area contributed by atoms with Crippen molar-refractivity contribution in [3.8, 4) is 0 Å². The SMILES string of the molecule is Cc1ncnc(NCC2CCCS2)c1F. The molecule has 0 spiro atoms. The third kappa shape index (κ3) is 2.59. The van der Waals surface area contributed by atoms with Gasteiger partial charge in [-0.3, -0.25) is 0 Å². The summed E-state index contributed by atoms with van der Waals surface area (Å²) in [6.45, 7) is 2.44. The predicted molar refractivity (Wildman–Crippen MR) is 60.7 cm³/mol. The van der Waals surface area contributed by atoms with E-state index in [2.05, 4.69) is 15.3 Å². The van der Waals surface area contributed by atoms with Crippen LogP contribution in [0, 0.1) is 12.7 Å². The van der Waals surface area contributed by atoms with Crippen LogP contribution in [0.1, 0.15) is 18.5 Å². The Bertz CT molecular complexity index is 339. The first kappa shape index (κ1) is 10.7. The van der Waals surface area contributed by atoms with E-state index in [0.29, 0.717) is 16.8 Å². The molecule has 1 atom stereocenters. The van der Waals surface area contributed by atoms with Gasteiger partial charge in [-0.05, 0) is 25.5 Å². The Hall–Kier alpha value is -0.840. The first-order valence-electron chi connectivity index (χ1n) is 5.10. The first-order chi connectivity index (χ1) is 7.27. The topological polar surface area (TPSA) is 37.8 Å². The average molecular weight is 227 g/mol. The molecule has 1 saturated heterocycles. The summed E-state index contributed by atoms with van der Waals surface area (Å²) in [6, 6.07) is 0. The molecule has 0 bridgehead atoms. The van der Waals surface area contributed by atoms with Gasteiger partial charge in [0.2, 0.25) is 0 Å². The molecule has 5 heteroatoms. The molecule has 0 saturated carbocycles. The van der Waals surface area contributed by atoms with Crippen LogP contribution in [-0.2, 0) is 0 Å². The second-order valence-corrected chi connectivity index (χ2v) is 5.05. The normalized spacial score (nSPS) is 20.5. The zero-order valence-electron chi connectivity index (χ0n) is 8.66. The summed E-state index contributed by atoms with van der Waals surface area (Å²) < 4.78 is 13.5. The molecule has 1 aromatic rings. The van der Waals surface area contributed by atoms with Crippen LogP contribution >= 0.6 is 11.8 Å². The van der Waals surface area contributed by atoms with Crippen molar-refractivity contribution in [2.75, 3.05) is 17.6 Å². The number of aromatic nitrogens is 2. The number of anilines is 1. The summed E-state index contributed by atoms with van der Waals surface area (Å²) in [4.78, 5) is 7.68. The first-order valence-corrected chi connectivity index (χ1v) is 6.15. The van der Waals surface area contributed by atoms with Crippen LogP contribution in [0.3, 0.4) is 0 Å². The van der Waals surface area contributed by atoms with Gasteiger partial charge in [-0.15, -0.1) is 0 Å². The molecule has 1 fully saturated rings. The van der Waals surface area contributed by atoms with Gasteiger partial charge in [0.1, 0.15) is 6.33 Å². The van der Waals surface area contributed by atoms with Gasteiger partial charge in [0.05, 0.1) is 5.69 Å². The molecule has 1 aromatic heterocycles. The molecule has 1 unspecified atom stereocenters. The molecule has 1 aliphatic rings. The van der Waals surface area contributed by atoms with Crippen molar-refractivity contribution < 1.29 is 4.39 Å². The molecule has 2 rings (SSSR count). The Morgan fingerprint density at radius 3 is 3.20 bits per heavy atom. The van der Waals surface area contributed by atoms with E-state index in [1.54, 1.807) is 6.92 Å². The summed E-state index contributed by atoms with van der Waals surface area (Å²) in [5.41, 5.74) is 0.395. The Labute approximate surface area is 92.9 Å². The molecular weight excluding hydrogens is 213 g/mol. The van der Waals surface area contributed by atoms with Crippen LogP contribution in [0.4, 0.5) is 10.2 Å². The molecule has 0 aromatic carbocycles. The molecule has 0 amide bonds. The van der Waals surface area contributed by atoms with Crippen LogP contribution < -0.4 is 5.32 Å². The fraction of sp³-hybridized carbons (Fsp3) is 0.600. The minimum atomic E-state index is -0.333. The van der Waals surface area contributed by atoms with Crippen LogP contribution in [0.25, 0.3) is 0 Å². The quantitative estimate of drug-likeness (QED) is 0.859. The highest BCUT2D eigenvalue weighted by molar-refractivity contribution is 8.00. The van der Waals surface area contributed by atoms with Crippen LogP contribution in [-0.4, -0.2) is 27.5 Å². The Morgan fingerprint density at radius 1 is 1.60 bits per heavy atom. The van der Waals surface area contributed by atoms with Crippen molar-refractivity contribution in [2.24, 2.45) is 0 Å². The number of hydrogen-bond donors (Lipinski definition) is 1. The van der Waals surface area contributed by atoms with Gasteiger partial charge in [-0.25, -0.2) is 14.4 Å². The van der Waals surface area contributed by atoms with Crippen molar-refractivity contribution in [3.05, 3.63) is 17.8 Å². The fourth-order valence-electron chi connectivity index (χ4n) is 1.60. The molecule has 1 N–H and O–H groups in total. The maximum Gasteiger partial charge on any atom is 0.186 e. The summed E-state index contributed by atoms with van der Waals surface area (Å²) in [5, 5.41) is 3.65. The molecule has 0 radical (unpaired) electrons. The lowest BCUT2D eigenvalue weighted by Gasteiger charge is -2.11. The summed E-state index contributed by atoms with van der Waals surface area (Å²) >= 11 is 1.94. The highest BCUT2D eigenvalue weighted by atomic mass is 32.2. The minimum Gasteiger partial charge on any atom is -0.366 e. The number of halogens is 1. The van der Waals surface area contributed by atoms with E-state index in [4.69, 9.17) is 0 Å². The zero-order valence-corrected chi connectivity index (χ0v) is 9.48. The Morgan fingerprint density at radius 2 is 2.47 bits per heavy atom. The number of rotatable bonds is 3. The van der Waals surface area contributed by atoms with E-state index in [1.807, 2.05) is 11.8 Å². The molecule has 2 heterocycles. The average Bonchev–Trinajstić information content (AvgIpc) is 2.73. The van der Waals surface area contributed by atoms with Crippen LogP contribution in [0.5, 0.6) is 0 Å². The van der Waals surface area contributed by atoms with E-state index in [-0.39, 0.29) is 5.82 Å². The second kappa shape index (κ2) is 4.79. The number of thioether (sulfide) groups is 1. The molecule has 1 aliphatic heterocycles. The van der Waals surface area contributed by atoms with E-state index >= 15 is 0 Å². The van der Waals surface area contributed by atoms with Gasteiger partial charge in [0.25, 0.3) is 0 Å². The third-order valence-corrected chi connectivity index (χ3v) is 3.88. The van der Waals surface area contributed by atoms with E-state index < -0.39 is 0 Å². The van der Waals surface area contributed by atoms with Gasteiger partial charge >= 0.3 is 0 Å². The maximum absolute atomic E-state index is 13.5. The third-order valence-electron chi connectivity index (χ3n) is 2.48. The highest BCUT2D eigenvalue weighted by Gasteiger charge is 2.16. The highest BCUT2D eigenvalue weighted by Crippen LogP contribution is 2.26. The maximum atomic E-state index is 13.5. The van der Waals surface area contributed by atoms with E-state index in [9.17, 15) is 4.39 Å². The summed E-state index contributed by atoms with van der Waals surface area (Å²) in [7, 11) is 0. The van der Waals surface area contributed by atoms with Gasteiger partial charge in [-0.2, -0.15) is 11.8 Å². The van der Waals surface area contributed by atoms with Crippen LogP contribution in [0.2, 0.25) is 0 Å². The van der Waals surface area contributed by atoms with Gasteiger partial charge in [0.15, 0.2) is 11.6 Å². The fourth-order valence-corrected chi connectivity index (χ4v) is 2.80. The molecule has 3 nitrogen and oxygen atoms in total. The van der Waals surface area contributed by atoms with E-state index in [1.165, 1.54) is 24.9 Å². The Kier molecular flexibility index (Phi) is 3.41. The molecular formula is C10H14FN3S. The summed E-state index contributed by atoms with van der Waals surface area (Å²) in [6.07, 6.45) is 3.87. The van der Waals surface area contributed by atoms with E-state index in [0.717, 1.165) is 6.54 Å². The standard InChI is InChI=1S/C10H14FN3S/c1-7-9(11)10(14-6-13-7)12-5-8-3-2-4-15-8/h6,8H,2-5H2,1H3,(H,12,13,14). The van der Waals surface area contributed by atoms with Gasteiger partial charge in [-0.1, -0.05) is 0 Å². The smallest absolute Gasteiger partial charge is 0.186 e. The second-order valence-electron chi connectivity index (χ2n) is 3.64. The largest absolute Gasteiger partial charge is 0.366 e. The van der Waals surface area contributed by atoms with Crippen molar-refractivity contribution >= 4 is 17.6 Å². The summed E-state index contributed by atoms with van der Waals surface area (Å²) in [5.74, 6) is 1.22. The van der Waals surface area contributed by atoms with Crippen LogP contribution in [0.15, 0.2) is 6.33 Å². The van der Waals surface area contributed by atoms with Crippen molar-refractivity contribution in [1.82, 2.24) is 9.97 Å². The lowest BCUT2D eigenvalue weighted by atomic mass is 10.2. The van der Waals surface area contributed by atoms with Crippen molar-refractivity contribution in [1.29, 1.82) is 0 Å². The minimum absolute atomic E-state index is 0.329. The molecule has 82 valence electrons. The lowest BCUT2D eigenvalue weighted by Crippen LogP contribution is -2.15. The Balaban J connectivity index is 1.95. The molecule has 15 heavy (non-hydrogen) atoms. The van der Waals surface area contributed by atoms with Gasteiger partial charge < -0.3 is 5.32 Å². The predicted octanol–water partition coefficient (Wildman–Crippen LogP) is 2.23. The monoisotopic (exact) mass is 227 g/mol. The zero-order chi connectivity index (χ0) is 10.7. The number of hydrogen-bond acceptors (Lipinski definition) is 4.